The summed E-state index contributed by atoms with van der Waals surface area (Å²) in [6.45, 7) is 9.41. The molecule has 5 heteroatoms. The summed E-state index contributed by atoms with van der Waals surface area (Å²) in [4.78, 5) is 2.32. The predicted molar refractivity (Wildman–Crippen MR) is 64.6 cm³/mol. The molecule has 0 atom stereocenters. The van der Waals surface area contributed by atoms with Gasteiger partial charge in [-0.1, -0.05) is 19.0 Å². The maximum absolute atomic E-state index is 5.33. The first kappa shape index (κ1) is 12.5. The second kappa shape index (κ2) is 6.14. The lowest BCUT2D eigenvalue weighted by Crippen LogP contribution is -2.35. The molecule has 0 amide bonds. The van der Waals surface area contributed by atoms with Crippen LogP contribution in [0.1, 0.15) is 25.3 Å². The van der Waals surface area contributed by atoms with Gasteiger partial charge >= 0.3 is 0 Å². The number of nitrogens with zero attached hydrogens (tertiary/aromatic N) is 2. The zero-order chi connectivity index (χ0) is 12.1. The molecule has 1 fully saturated rings. The predicted octanol–water partition coefficient (Wildman–Crippen LogP) is 1.00. The van der Waals surface area contributed by atoms with Gasteiger partial charge in [-0.3, -0.25) is 4.90 Å². The molecule has 0 bridgehead atoms. The van der Waals surface area contributed by atoms with Crippen molar-refractivity contribution in [1.82, 2.24) is 15.4 Å². The number of morpholine rings is 1. The third-order valence-corrected chi connectivity index (χ3v) is 2.78. The minimum atomic E-state index is 0.467. The number of ether oxygens (including phenoxy) is 1. The molecule has 0 radical (unpaired) electrons. The number of rotatable bonds is 5. The van der Waals surface area contributed by atoms with E-state index in [-0.39, 0.29) is 0 Å². The number of aromatic nitrogens is 1. The number of hydrogen-bond donors (Lipinski definition) is 1. The highest BCUT2D eigenvalue weighted by molar-refractivity contribution is 5.05. The van der Waals surface area contributed by atoms with Crippen molar-refractivity contribution in [3.63, 3.8) is 0 Å². The molecule has 2 heterocycles. The van der Waals surface area contributed by atoms with Gasteiger partial charge in [0.05, 0.1) is 25.5 Å². The maximum atomic E-state index is 5.33. The molecule has 1 aromatic heterocycles. The minimum Gasteiger partial charge on any atom is -0.379 e. The Labute approximate surface area is 102 Å². The first-order chi connectivity index (χ1) is 8.24. The molecular weight excluding hydrogens is 218 g/mol. The van der Waals surface area contributed by atoms with Crippen molar-refractivity contribution >= 4 is 0 Å². The van der Waals surface area contributed by atoms with Gasteiger partial charge in [-0.05, 0) is 0 Å². The summed E-state index contributed by atoms with van der Waals surface area (Å²) < 4.78 is 10.6. The molecule has 5 nitrogen and oxygen atoms in total. The zero-order valence-corrected chi connectivity index (χ0v) is 10.6. The lowest BCUT2D eigenvalue weighted by molar-refractivity contribution is 0.0305. The average molecular weight is 239 g/mol. The summed E-state index contributed by atoms with van der Waals surface area (Å²) in [6.07, 6.45) is 0. The van der Waals surface area contributed by atoms with E-state index in [9.17, 15) is 0 Å². The SMILES string of the molecule is CC(C)NCc1cc(CN2CCOCC2)on1. The van der Waals surface area contributed by atoms with Gasteiger partial charge < -0.3 is 14.6 Å². The number of hydrogen-bond acceptors (Lipinski definition) is 5. The summed E-state index contributed by atoms with van der Waals surface area (Å²) >= 11 is 0. The topological polar surface area (TPSA) is 50.5 Å². The van der Waals surface area contributed by atoms with Crippen LogP contribution in [0.3, 0.4) is 0 Å². The number of nitrogens with one attached hydrogen (secondary N) is 1. The summed E-state index contributed by atoms with van der Waals surface area (Å²) in [7, 11) is 0. The molecule has 2 rings (SSSR count). The van der Waals surface area contributed by atoms with E-state index in [2.05, 4.69) is 29.2 Å². The van der Waals surface area contributed by atoms with E-state index in [1.807, 2.05) is 6.07 Å². The lowest BCUT2D eigenvalue weighted by Gasteiger charge is -2.25. The fourth-order valence-corrected chi connectivity index (χ4v) is 1.80. The largest absolute Gasteiger partial charge is 0.379 e. The fourth-order valence-electron chi connectivity index (χ4n) is 1.80. The van der Waals surface area contributed by atoms with E-state index in [1.54, 1.807) is 0 Å². The maximum Gasteiger partial charge on any atom is 0.151 e. The summed E-state index contributed by atoms with van der Waals surface area (Å²) in [6, 6.07) is 2.50. The smallest absolute Gasteiger partial charge is 0.151 e. The third kappa shape index (κ3) is 4.11. The molecule has 0 spiro atoms. The Balaban J connectivity index is 1.80. The highest BCUT2D eigenvalue weighted by Gasteiger charge is 2.13. The van der Waals surface area contributed by atoms with Gasteiger partial charge in [0, 0.05) is 31.7 Å². The Kier molecular flexibility index (Phi) is 4.53. The van der Waals surface area contributed by atoms with Crippen LogP contribution in [0.2, 0.25) is 0 Å². The van der Waals surface area contributed by atoms with E-state index >= 15 is 0 Å². The highest BCUT2D eigenvalue weighted by Crippen LogP contribution is 2.09. The van der Waals surface area contributed by atoms with E-state index < -0.39 is 0 Å². The zero-order valence-electron chi connectivity index (χ0n) is 10.6. The Morgan fingerprint density at radius 3 is 2.88 bits per heavy atom. The summed E-state index contributed by atoms with van der Waals surface area (Å²) in [5, 5.41) is 7.38. The molecule has 1 aromatic rings. The van der Waals surface area contributed by atoms with Crippen molar-refractivity contribution < 1.29 is 9.26 Å². The second-order valence-corrected chi connectivity index (χ2v) is 4.71. The second-order valence-electron chi connectivity index (χ2n) is 4.71. The quantitative estimate of drug-likeness (QED) is 0.831. The van der Waals surface area contributed by atoms with Gasteiger partial charge in [-0.2, -0.15) is 0 Å². The van der Waals surface area contributed by atoms with Crippen molar-refractivity contribution in [3.8, 4) is 0 Å². The van der Waals surface area contributed by atoms with E-state index in [1.165, 1.54) is 0 Å². The molecule has 1 N–H and O–H groups in total. The van der Waals surface area contributed by atoms with E-state index in [0.29, 0.717) is 6.04 Å². The van der Waals surface area contributed by atoms with Crippen LogP contribution >= 0.6 is 0 Å². The molecule has 0 aromatic carbocycles. The van der Waals surface area contributed by atoms with E-state index in [0.717, 1.165) is 50.8 Å². The highest BCUT2D eigenvalue weighted by atomic mass is 16.5. The molecule has 0 saturated carbocycles. The lowest BCUT2D eigenvalue weighted by atomic mass is 10.3. The van der Waals surface area contributed by atoms with Gasteiger partial charge in [0.2, 0.25) is 0 Å². The molecule has 1 aliphatic heterocycles. The molecule has 0 aliphatic carbocycles. The van der Waals surface area contributed by atoms with Crippen molar-refractivity contribution in [1.29, 1.82) is 0 Å². The van der Waals surface area contributed by atoms with Gasteiger partial charge in [0.15, 0.2) is 5.76 Å². The van der Waals surface area contributed by atoms with Gasteiger partial charge in [-0.25, -0.2) is 0 Å². The molecule has 96 valence electrons. The van der Waals surface area contributed by atoms with Crippen LogP contribution in [-0.4, -0.2) is 42.4 Å². The summed E-state index contributed by atoms with van der Waals surface area (Å²) in [5.41, 5.74) is 0.974. The van der Waals surface area contributed by atoms with Crippen LogP contribution in [0.4, 0.5) is 0 Å². The normalized spacial score (nSPS) is 17.8. The Morgan fingerprint density at radius 1 is 1.41 bits per heavy atom. The fraction of sp³-hybridized carbons (Fsp3) is 0.750. The monoisotopic (exact) mass is 239 g/mol. The van der Waals surface area contributed by atoms with E-state index in [4.69, 9.17) is 9.26 Å². The van der Waals surface area contributed by atoms with Crippen molar-refractivity contribution in [2.45, 2.75) is 33.0 Å². The van der Waals surface area contributed by atoms with Crippen LogP contribution < -0.4 is 5.32 Å². The van der Waals surface area contributed by atoms with Crippen LogP contribution in [-0.2, 0) is 17.8 Å². The van der Waals surface area contributed by atoms with Gasteiger partial charge in [0.1, 0.15) is 0 Å². The Morgan fingerprint density at radius 2 is 2.18 bits per heavy atom. The van der Waals surface area contributed by atoms with Crippen LogP contribution in [0, 0.1) is 0 Å². The van der Waals surface area contributed by atoms with Crippen LogP contribution in [0.5, 0.6) is 0 Å². The minimum absolute atomic E-state index is 0.467. The van der Waals surface area contributed by atoms with Crippen molar-refractivity contribution in [3.05, 3.63) is 17.5 Å². The molecule has 0 unspecified atom stereocenters. The van der Waals surface area contributed by atoms with Crippen molar-refractivity contribution in [2.24, 2.45) is 0 Å². The van der Waals surface area contributed by atoms with Gasteiger partial charge in [-0.15, -0.1) is 0 Å². The van der Waals surface area contributed by atoms with Crippen molar-refractivity contribution in [2.75, 3.05) is 26.3 Å². The molecular formula is C12H21N3O2. The standard InChI is InChI=1S/C12H21N3O2/c1-10(2)13-8-11-7-12(17-14-11)9-15-3-5-16-6-4-15/h7,10,13H,3-6,8-9H2,1-2H3. The Hall–Kier alpha value is -0.910. The van der Waals surface area contributed by atoms with Crippen LogP contribution in [0.25, 0.3) is 0 Å². The molecule has 17 heavy (non-hydrogen) atoms. The third-order valence-electron chi connectivity index (χ3n) is 2.78. The van der Waals surface area contributed by atoms with Crippen LogP contribution in [0.15, 0.2) is 10.6 Å². The Bertz CT molecular complexity index is 332. The molecule has 1 aliphatic rings. The first-order valence-corrected chi connectivity index (χ1v) is 6.22. The summed E-state index contributed by atoms with van der Waals surface area (Å²) in [5.74, 6) is 0.937. The van der Waals surface area contributed by atoms with Gasteiger partial charge in [0.25, 0.3) is 0 Å². The first-order valence-electron chi connectivity index (χ1n) is 6.22. The molecule has 1 saturated heterocycles. The average Bonchev–Trinajstić information content (AvgIpc) is 2.75.